The molecule has 2 N–H and O–H groups in total. The number of hydrogen-bond acceptors (Lipinski definition) is 3. The van der Waals surface area contributed by atoms with Gasteiger partial charge in [0.05, 0.1) is 6.61 Å². The van der Waals surface area contributed by atoms with E-state index in [0.29, 0.717) is 36.6 Å². The Morgan fingerprint density at radius 2 is 2.16 bits per heavy atom. The second-order valence-corrected chi connectivity index (χ2v) is 6.61. The molecule has 2 aromatic rings. The van der Waals surface area contributed by atoms with Gasteiger partial charge in [-0.05, 0) is 54.8 Å². The number of carbonyl (C=O) groups excluding carboxylic acids is 1. The van der Waals surface area contributed by atoms with Crippen molar-refractivity contribution in [2.75, 3.05) is 18.7 Å². The van der Waals surface area contributed by atoms with Crippen LogP contribution in [-0.2, 0) is 17.8 Å². The molecule has 5 nitrogen and oxygen atoms in total. The van der Waals surface area contributed by atoms with Crippen molar-refractivity contribution >= 4 is 27.6 Å². The molecular formula is C18H18BrFN2O3. The molecule has 0 atom stereocenters. The zero-order valence-corrected chi connectivity index (χ0v) is 15.3. The van der Waals surface area contributed by atoms with Crippen molar-refractivity contribution in [3.63, 3.8) is 0 Å². The first kappa shape index (κ1) is 17.7. The topological polar surface area (TPSA) is 59.6 Å². The number of carbonyl (C=O) groups is 1. The van der Waals surface area contributed by atoms with Gasteiger partial charge in [-0.3, -0.25) is 0 Å². The maximum atomic E-state index is 13.7. The fourth-order valence-electron chi connectivity index (χ4n) is 2.65. The Balaban J connectivity index is 1.57. The number of anilines is 1. The molecule has 0 saturated carbocycles. The molecule has 1 aliphatic heterocycles. The molecule has 3 rings (SSSR count). The molecule has 132 valence electrons. The molecule has 0 spiro atoms. The van der Waals surface area contributed by atoms with Crippen molar-refractivity contribution in [2.24, 2.45) is 0 Å². The lowest BCUT2D eigenvalue weighted by molar-refractivity contribution is -0.0172. The summed E-state index contributed by atoms with van der Waals surface area (Å²) in [7, 11) is 0. The highest BCUT2D eigenvalue weighted by Crippen LogP contribution is 2.29. The molecule has 0 saturated heterocycles. The van der Waals surface area contributed by atoms with Crippen LogP contribution in [0.1, 0.15) is 16.7 Å². The van der Waals surface area contributed by atoms with Crippen LogP contribution in [0.25, 0.3) is 0 Å². The molecule has 0 unspecified atom stereocenters. The van der Waals surface area contributed by atoms with E-state index < -0.39 is 0 Å². The fourth-order valence-corrected chi connectivity index (χ4v) is 2.90. The lowest BCUT2D eigenvalue weighted by Crippen LogP contribution is -2.30. The first-order valence-corrected chi connectivity index (χ1v) is 8.65. The standard InChI is InChI=1S/C18H18BrFN2O3/c1-11-6-15(2-3-16(11)19)22-18(23)21-5-4-12-7-14(20)8-13-9-24-10-25-17(12)13/h2-3,6-8H,4-5,9-10H2,1H3,(H2,21,22,23). The Labute approximate surface area is 153 Å². The van der Waals surface area contributed by atoms with Gasteiger partial charge in [0.1, 0.15) is 11.6 Å². The highest BCUT2D eigenvalue weighted by Gasteiger charge is 2.17. The Morgan fingerprint density at radius 3 is 2.96 bits per heavy atom. The average Bonchev–Trinajstić information content (AvgIpc) is 2.58. The Hall–Kier alpha value is -2.12. The first-order chi connectivity index (χ1) is 12.0. The van der Waals surface area contributed by atoms with E-state index in [1.165, 1.54) is 12.1 Å². The fraction of sp³-hybridized carbons (Fsp3) is 0.278. The largest absolute Gasteiger partial charge is 0.467 e. The monoisotopic (exact) mass is 408 g/mol. The maximum Gasteiger partial charge on any atom is 0.319 e. The normalized spacial score (nSPS) is 12.9. The summed E-state index contributed by atoms with van der Waals surface area (Å²) in [4.78, 5) is 12.0. The molecule has 0 fully saturated rings. The van der Waals surface area contributed by atoms with Crippen LogP contribution < -0.4 is 15.4 Å². The third-order valence-electron chi connectivity index (χ3n) is 3.85. The zero-order chi connectivity index (χ0) is 17.8. The summed E-state index contributed by atoms with van der Waals surface area (Å²) in [5.41, 5.74) is 3.15. The van der Waals surface area contributed by atoms with Crippen molar-refractivity contribution in [2.45, 2.75) is 20.0 Å². The summed E-state index contributed by atoms with van der Waals surface area (Å²) in [5.74, 6) is 0.316. The van der Waals surface area contributed by atoms with Crippen LogP contribution in [0.4, 0.5) is 14.9 Å². The smallest absolute Gasteiger partial charge is 0.319 e. The predicted molar refractivity (Wildman–Crippen MR) is 96.3 cm³/mol. The van der Waals surface area contributed by atoms with Crippen LogP contribution in [-0.4, -0.2) is 19.4 Å². The number of aryl methyl sites for hydroxylation is 1. The predicted octanol–water partition coefficient (Wildman–Crippen LogP) is 4.13. The second-order valence-electron chi connectivity index (χ2n) is 5.76. The zero-order valence-electron chi connectivity index (χ0n) is 13.7. The van der Waals surface area contributed by atoms with Gasteiger partial charge in [-0.1, -0.05) is 15.9 Å². The molecule has 2 aromatic carbocycles. The molecule has 0 bridgehead atoms. The quantitative estimate of drug-likeness (QED) is 0.799. The van der Waals surface area contributed by atoms with Crippen LogP contribution in [0.15, 0.2) is 34.8 Å². The van der Waals surface area contributed by atoms with Gasteiger partial charge >= 0.3 is 6.03 Å². The first-order valence-electron chi connectivity index (χ1n) is 7.86. The van der Waals surface area contributed by atoms with Crippen LogP contribution in [0.3, 0.4) is 0 Å². The van der Waals surface area contributed by atoms with Crippen molar-refractivity contribution in [1.82, 2.24) is 5.32 Å². The van der Waals surface area contributed by atoms with Crippen LogP contribution in [0.5, 0.6) is 5.75 Å². The van der Waals surface area contributed by atoms with Gasteiger partial charge in [0.15, 0.2) is 6.79 Å². The number of benzene rings is 2. The number of nitrogens with one attached hydrogen (secondary N) is 2. The summed E-state index contributed by atoms with van der Waals surface area (Å²) in [6.07, 6.45) is 0.465. The Morgan fingerprint density at radius 1 is 1.32 bits per heavy atom. The summed E-state index contributed by atoms with van der Waals surface area (Å²) in [5, 5.41) is 5.54. The molecular weight excluding hydrogens is 391 g/mol. The van der Waals surface area contributed by atoms with E-state index in [0.717, 1.165) is 15.6 Å². The number of fused-ring (bicyclic) bond motifs is 1. The number of urea groups is 1. The van der Waals surface area contributed by atoms with Gasteiger partial charge in [0.25, 0.3) is 0 Å². The number of hydrogen-bond donors (Lipinski definition) is 2. The van der Waals surface area contributed by atoms with E-state index in [1.54, 1.807) is 0 Å². The number of amides is 2. The highest BCUT2D eigenvalue weighted by molar-refractivity contribution is 9.10. The number of rotatable bonds is 4. The van der Waals surface area contributed by atoms with Gasteiger partial charge in [-0.15, -0.1) is 0 Å². The van der Waals surface area contributed by atoms with Crippen molar-refractivity contribution < 1.29 is 18.7 Å². The highest BCUT2D eigenvalue weighted by atomic mass is 79.9. The van der Waals surface area contributed by atoms with Gasteiger partial charge in [-0.25, -0.2) is 9.18 Å². The maximum absolute atomic E-state index is 13.7. The van der Waals surface area contributed by atoms with E-state index >= 15 is 0 Å². The Kier molecular flexibility index (Phi) is 5.55. The van der Waals surface area contributed by atoms with Gasteiger partial charge in [-0.2, -0.15) is 0 Å². The average molecular weight is 409 g/mol. The lowest BCUT2D eigenvalue weighted by atomic mass is 10.1. The second kappa shape index (κ2) is 7.84. The van der Waals surface area contributed by atoms with E-state index in [-0.39, 0.29) is 18.6 Å². The van der Waals surface area contributed by atoms with Gasteiger partial charge < -0.3 is 20.1 Å². The molecule has 0 aliphatic carbocycles. The molecule has 1 aliphatic rings. The van der Waals surface area contributed by atoms with Gasteiger partial charge in [0, 0.05) is 22.3 Å². The van der Waals surface area contributed by atoms with Crippen molar-refractivity contribution in [1.29, 1.82) is 0 Å². The number of ether oxygens (including phenoxy) is 2. The molecule has 2 amide bonds. The van der Waals surface area contributed by atoms with E-state index in [9.17, 15) is 9.18 Å². The minimum atomic E-state index is -0.336. The SMILES string of the molecule is Cc1cc(NC(=O)NCCc2cc(F)cc3c2OCOC3)ccc1Br. The van der Waals surface area contributed by atoms with Crippen molar-refractivity contribution in [3.8, 4) is 5.75 Å². The van der Waals surface area contributed by atoms with Crippen LogP contribution in [0, 0.1) is 12.7 Å². The van der Waals surface area contributed by atoms with E-state index in [2.05, 4.69) is 26.6 Å². The third-order valence-corrected chi connectivity index (χ3v) is 4.74. The molecule has 1 heterocycles. The lowest BCUT2D eigenvalue weighted by Gasteiger charge is -2.21. The third kappa shape index (κ3) is 4.49. The minimum Gasteiger partial charge on any atom is -0.467 e. The molecule has 0 radical (unpaired) electrons. The summed E-state index contributed by atoms with van der Waals surface area (Å²) in [6.45, 7) is 2.80. The van der Waals surface area contributed by atoms with E-state index in [1.807, 2.05) is 25.1 Å². The van der Waals surface area contributed by atoms with Crippen LogP contribution >= 0.6 is 15.9 Å². The minimum absolute atomic E-state index is 0.155. The summed E-state index contributed by atoms with van der Waals surface area (Å²) in [6, 6.07) is 8.10. The van der Waals surface area contributed by atoms with Crippen molar-refractivity contribution in [3.05, 3.63) is 57.3 Å². The molecule has 25 heavy (non-hydrogen) atoms. The summed E-state index contributed by atoms with van der Waals surface area (Å²) >= 11 is 3.42. The van der Waals surface area contributed by atoms with Gasteiger partial charge in [0.2, 0.25) is 0 Å². The number of halogens is 2. The summed E-state index contributed by atoms with van der Waals surface area (Å²) < 4.78 is 25.3. The molecule has 0 aromatic heterocycles. The van der Waals surface area contributed by atoms with Crippen LogP contribution in [0.2, 0.25) is 0 Å². The van der Waals surface area contributed by atoms with E-state index in [4.69, 9.17) is 9.47 Å². The Bertz CT molecular complexity index is 798. The molecule has 7 heteroatoms.